The molecule has 0 saturated heterocycles. The van der Waals surface area contributed by atoms with Crippen LogP contribution in [0.25, 0.3) is 0 Å². The molecule has 0 heterocycles. The van der Waals surface area contributed by atoms with Crippen LogP contribution < -0.4 is 5.32 Å². The molecule has 2 saturated carbocycles. The summed E-state index contributed by atoms with van der Waals surface area (Å²) in [5, 5.41) is 3.77. The highest BCUT2D eigenvalue weighted by molar-refractivity contribution is 5.35. The van der Waals surface area contributed by atoms with Gasteiger partial charge in [-0.1, -0.05) is 38.5 Å². The van der Waals surface area contributed by atoms with E-state index in [-0.39, 0.29) is 0 Å². The molecule has 0 amide bonds. The van der Waals surface area contributed by atoms with E-state index in [1.165, 1.54) is 49.8 Å². The van der Waals surface area contributed by atoms with Crippen LogP contribution in [0.1, 0.15) is 56.2 Å². The standard InChI is InChI=1S/C20H31N/c1-14(2)21-13-20(11-17-8-9-18(20)10-17)12-19-15(3)6-5-7-16(19)4/h5-7,14,17-18,21H,8-13H2,1-4H3. The van der Waals surface area contributed by atoms with Crippen molar-refractivity contribution >= 4 is 0 Å². The molecule has 0 spiro atoms. The zero-order valence-corrected chi connectivity index (χ0v) is 14.2. The van der Waals surface area contributed by atoms with Crippen LogP contribution >= 0.6 is 0 Å². The number of benzene rings is 1. The van der Waals surface area contributed by atoms with E-state index in [4.69, 9.17) is 0 Å². The van der Waals surface area contributed by atoms with Gasteiger partial charge in [0.15, 0.2) is 0 Å². The van der Waals surface area contributed by atoms with Crippen molar-refractivity contribution < 1.29 is 0 Å². The van der Waals surface area contributed by atoms with Crippen LogP contribution in [0.5, 0.6) is 0 Å². The number of hydrogen-bond acceptors (Lipinski definition) is 1. The fourth-order valence-electron chi connectivity index (χ4n) is 4.94. The van der Waals surface area contributed by atoms with Gasteiger partial charge >= 0.3 is 0 Å². The number of aryl methyl sites for hydroxylation is 2. The second kappa shape index (κ2) is 5.76. The summed E-state index contributed by atoms with van der Waals surface area (Å²) in [5.41, 5.74) is 5.11. The third-order valence-corrected chi connectivity index (χ3v) is 6.14. The van der Waals surface area contributed by atoms with E-state index < -0.39 is 0 Å². The molecule has 21 heavy (non-hydrogen) atoms. The van der Waals surface area contributed by atoms with Gasteiger partial charge in [0.05, 0.1) is 0 Å². The molecule has 1 aromatic rings. The maximum Gasteiger partial charge on any atom is 0.00161 e. The summed E-state index contributed by atoms with van der Waals surface area (Å²) < 4.78 is 0. The normalized spacial score (nSPS) is 31.3. The van der Waals surface area contributed by atoms with Crippen molar-refractivity contribution in [3.8, 4) is 0 Å². The van der Waals surface area contributed by atoms with Gasteiger partial charge in [0, 0.05) is 12.6 Å². The van der Waals surface area contributed by atoms with Gasteiger partial charge in [-0.25, -0.2) is 0 Å². The summed E-state index contributed by atoms with van der Waals surface area (Å²) in [6.07, 6.45) is 7.18. The Bertz CT molecular complexity index is 484. The Hall–Kier alpha value is -0.820. The molecular formula is C20H31N. The van der Waals surface area contributed by atoms with Crippen molar-refractivity contribution in [1.82, 2.24) is 5.32 Å². The summed E-state index contributed by atoms with van der Waals surface area (Å²) in [4.78, 5) is 0. The van der Waals surface area contributed by atoms with Crippen molar-refractivity contribution in [3.05, 3.63) is 34.9 Å². The summed E-state index contributed by atoms with van der Waals surface area (Å²) in [5.74, 6) is 1.96. The highest BCUT2D eigenvalue weighted by Crippen LogP contribution is 2.57. The molecule has 2 bridgehead atoms. The van der Waals surface area contributed by atoms with Crippen LogP contribution in [-0.4, -0.2) is 12.6 Å². The first-order valence-corrected chi connectivity index (χ1v) is 8.79. The SMILES string of the molecule is Cc1cccc(C)c1CC1(CNC(C)C)CC2CCC1C2. The fraction of sp³-hybridized carbons (Fsp3) is 0.700. The van der Waals surface area contributed by atoms with Gasteiger partial charge in [-0.2, -0.15) is 0 Å². The van der Waals surface area contributed by atoms with Gasteiger partial charge in [-0.15, -0.1) is 0 Å². The number of nitrogens with one attached hydrogen (secondary N) is 1. The Morgan fingerprint density at radius 2 is 1.90 bits per heavy atom. The second-order valence-corrected chi connectivity index (χ2v) is 8.03. The largest absolute Gasteiger partial charge is 0.314 e. The number of rotatable bonds is 5. The maximum absolute atomic E-state index is 3.77. The average Bonchev–Trinajstić information content (AvgIpc) is 3.02. The van der Waals surface area contributed by atoms with Crippen LogP contribution in [0.2, 0.25) is 0 Å². The quantitative estimate of drug-likeness (QED) is 0.830. The van der Waals surface area contributed by atoms with Crippen molar-refractivity contribution in [2.45, 2.75) is 65.8 Å². The third-order valence-electron chi connectivity index (χ3n) is 6.14. The van der Waals surface area contributed by atoms with Crippen molar-refractivity contribution in [2.24, 2.45) is 17.3 Å². The molecule has 2 fully saturated rings. The van der Waals surface area contributed by atoms with Crippen LogP contribution in [0.15, 0.2) is 18.2 Å². The van der Waals surface area contributed by atoms with Gasteiger partial charge in [-0.3, -0.25) is 0 Å². The molecular weight excluding hydrogens is 254 g/mol. The van der Waals surface area contributed by atoms with Crippen LogP contribution in [0, 0.1) is 31.1 Å². The molecule has 1 aromatic carbocycles. The molecule has 0 aliphatic heterocycles. The summed E-state index contributed by atoms with van der Waals surface area (Å²) in [6.45, 7) is 10.3. The lowest BCUT2D eigenvalue weighted by Gasteiger charge is -2.40. The monoisotopic (exact) mass is 285 g/mol. The number of fused-ring (bicyclic) bond motifs is 2. The Labute approximate surface area is 130 Å². The Balaban J connectivity index is 1.86. The first kappa shape index (κ1) is 15.1. The molecule has 2 aliphatic rings. The van der Waals surface area contributed by atoms with Crippen LogP contribution in [0.4, 0.5) is 0 Å². The summed E-state index contributed by atoms with van der Waals surface area (Å²) >= 11 is 0. The zero-order valence-electron chi connectivity index (χ0n) is 14.2. The summed E-state index contributed by atoms with van der Waals surface area (Å²) in [6, 6.07) is 7.38. The highest BCUT2D eigenvalue weighted by atomic mass is 14.9. The predicted octanol–water partition coefficient (Wildman–Crippen LogP) is 4.65. The first-order chi connectivity index (χ1) is 10.00. The van der Waals surface area contributed by atoms with Gasteiger partial charge in [0.1, 0.15) is 0 Å². The van der Waals surface area contributed by atoms with E-state index in [1.54, 1.807) is 5.56 Å². The van der Waals surface area contributed by atoms with Gasteiger partial charge in [-0.05, 0) is 73.5 Å². The summed E-state index contributed by atoms with van der Waals surface area (Å²) in [7, 11) is 0. The van der Waals surface area contributed by atoms with E-state index in [0.29, 0.717) is 11.5 Å². The van der Waals surface area contributed by atoms with E-state index in [2.05, 4.69) is 51.2 Å². The topological polar surface area (TPSA) is 12.0 Å². The average molecular weight is 285 g/mol. The van der Waals surface area contributed by atoms with Crippen molar-refractivity contribution in [3.63, 3.8) is 0 Å². The molecule has 116 valence electrons. The Morgan fingerprint density at radius 3 is 2.43 bits per heavy atom. The molecule has 0 radical (unpaired) electrons. The van der Waals surface area contributed by atoms with E-state index in [0.717, 1.165) is 11.8 Å². The Morgan fingerprint density at radius 1 is 1.19 bits per heavy atom. The van der Waals surface area contributed by atoms with Gasteiger partial charge in [0.2, 0.25) is 0 Å². The Kier molecular flexibility index (Phi) is 4.14. The molecule has 1 nitrogen and oxygen atoms in total. The minimum absolute atomic E-state index is 0.518. The van der Waals surface area contributed by atoms with Crippen molar-refractivity contribution in [1.29, 1.82) is 0 Å². The zero-order chi connectivity index (χ0) is 15.0. The maximum atomic E-state index is 3.77. The molecule has 3 atom stereocenters. The molecule has 0 aromatic heterocycles. The third kappa shape index (κ3) is 2.90. The fourth-order valence-corrected chi connectivity index (χ4v) is 4.94. The molecule has 3 rings (SSSR count). The molecule has 2 aliphatic carbocycles. The lowest BCUT2D eigenvalue weighted by molar-refractivity contribution is 0.152. The van der Waals surface area contributed by atoms with Gasteiger partial charge in [0.25, 0.3) is 0 Å². The highest BCUT2D eigenvalue weighted by Gasteiger charge is 2.50. The van der Waals surface area contributed by atoms with Crippen molar-refractivity contribution in [2.75, 3.05) is 6.54 Å². The van der Waals surface area contributed by atoms with Crippen LogP contribution in [0.3, 0.4) is 0 Å². The first-order valence-electron chi connectivity index (χ1n) is 8.79. The molecule has 1 heteroatoms. The second-order valence-electron chi connectivity index (χ2n) is 8.03. The van der Waals surface area contributed by atoms with E-state index in [1.807, 2.05) is 0 Å². The number of hydrogen-bond donors (Lipinski definition) is 1. The molecule has 1 N–H and O–H groups in total. The smallest absolute Gasteiger partial charge is 0.00161 e. The lowest BCUT2D eigenvalue weighted by Crippen LogP contribution is -2.43. The van der Waals surface area contributed by atoms with E-state index >= 15 is 0 Å². The minimum Gasteiger partial charge on any atom is -0.314 e. The van der Waals surface area contributed by atoms with E-state index in [9.17, 15) is 0 Å². The predicted molar refractivity (Wildman–Crippen MR) is 90.6 cm³/mol. The lowest BCUT2D eigenvalue weighted by atomic mass is 9.68. The minimum atomic E-state index is 0.518. The van der Waals surface area contributed by atoms with Gasteiger partial charge < -0.3 is 5.32 Å². The van der Waals surface area contributed by atoms with Crippen LogP contribution in [-0.2, 0) is 6.42 Å². The molecule has 3 unspecified atom stereocenters.